The molecule has 0 aromatic heterocycles. The molecule has 1 aromatic carbocycles. The van der Waals surface area contributed by atoms with Crippen LogP contribution in [0.4, 0.5) is 0 Å². The zero-order valence-corrected chi connectivity index (χ0v) is 17.4. The van der Waals surface area contributed by atoms with Crippen molar-refractivity contribution in [1.29, 1.82) is 5.41 Å². The van der Waals surface area contributed by atoms with Crippen molar-refractivity contribution in [2.75, 3.05) is 6.61 Å². The number of hydrogen-bond donors (Lipinski definition) is 2. The van der Waals surface area contributed by atoms with Gasteiger partial charge >= 0.3 is 0 Å². The van der Waals surface area contributed by atoms with Crippen molar-refractivity contribution in [2.24, 2.45) is 11.1 Å². The van der Waals surface area contributed by atoms with E-state index in [0.717, 1.165) is 25.7 Å². The molecule has 0 atom stereocenters. The summed E-state index contributed by atoms with van der Waals surface area (Å²) in [7, 11) is 0. The Balaban J connectivity index is 2.53. The van der Waals surface area contributed by atoms with Crippen LogP contribution < -0.4 is 10.5 Å². The smallest absolute Gasteiger partial charge is 0.145 e. The van der Waals surface area contributed by atoms with E-state index in [2.05, 4.69) is 79.9 Å². The topological polar surface area (TPSA) is 59.1 Å². The van der Waals surface area contributed by atoms with Crippen molar-refractivity contribution in [3.63, 3.8) is 0 Å². The number of rotatable bonds is 6. The molecule has 0 aliphatic rings. The van der Waals surface area contributed by atoms with Gasteiger partial charge in [0.15, 0.2) is 0 Å². The van der Waals surface area contributed by atoms with Gasteiger partial charge in [-0.1, -0.05) is 13.8 Å². The van der Waals surface area contributed by atoms with Gasteiger partial charge in [0.1, 0.15) is 5.75 Å². The third kappa shape index (κ3) is 5.52. The molecule has 106 valence electrons. The van der Waals surface area contributed by atoms with Gasteiger partial charge in [0, 0.05) is 8.99 Å². The Morgan fingerprint density at radius 3 is 2.26 bits per heavy atom. The van der Waals surface area contributed by atoms with Crippen LogP contribution in [0.3, 0.4) is 0 Å². The number of hydrogen-bond acceptors (Lipinski definition) is 2. The van der Waals surface area contributed by atoms with Gasteiger partial charge in [0.05, 0.1) is 19.6 Å². The number of nitrogens with two attached hydrogens (primary N) is 1. The fraction of sp³-hybridized carbons (Fsp3) is 0.462. The van der Waals surface area contributed by atoms with Crippen molar-refractivity contribution in [3.8, 4) is 5.75 Å². The van der Waals surface area contributed by atoms with Crippen LogP contribution in [0.15, 0.2) is 12.1 Å². The Morgan fingerprint density at radius 1 is 1.26 bits per heavy atom. The summed E-state index contributed by atoms with van der Waals surface area (Å²) in [5.74, 6) is 1.20. The van der Waals surface area contributed by atoms with Crippen LogP contribution in [0.5, 0.6) is 5.75 Å². The van der Waals surface area contributed by atoms with Crippen LogP contribution in [-0.4, -0.2) is 12.4 Å². The van der Waals surface area contributed by atoms with Crippen LogP contribution in [0, 0.1) is 21.5 Å². The summed E-state index contributed by atoms with van der Waals surface area (Å²) in [6.07, 6.45) is 1.75. The first-order chi connectivity index (χ1) is 8.74. The average molecular weight is 598 g/mol. The summed E-state index contributed by atoms with van der Waals surface area (Å²) >= 11 is 6.91. The Morgan fingerprint density at radius 2 is 1.79 bits per heavy atom. The summed E-state index contributed by atoms with van der Waals surface area (Å²) in [6.45, 7) is 4.64. The minimum absolute atomic E-state index is 0.240. The standard InChI is InChI=1S/C13H17I3N2O/c1-13(2,12(17)18)4-3-5-19-11-9(15)6-8(14)7-10(11)16/h6-7H,3-5H2,1-2H3,(H3,17,18). The van der Waals surface area contributed by atoms with Crippen LogP contribution in [-0.2, 0) is 0 Å². The van der Waals surface area contributed by atoms with E-state index in [1.165, 1.54) is 3.57 Å². The molecule has 0 unspecified atom stereocenters. The highest BCUT2D eigenvalue weighted by Crippen LogP contribution is 2.30. The molecule has 1 aromatic rings. The van der Waals surface area contributed by atoms with E-state index in [1.807, 2.05) is 13.8 Å². The molecule has 0 aliphatic carbocycles. The number of halogens is 3. The highest BCUT2D eigenvalue weighted by atomic mass is 127. The zero-order chi connectivity index (χ0) is 14.6. The summed E-state index contributed by atoms with van der Waals surface area (Å²) in [4.78, 5) is 0. The second kappa shape index (κ2) is 7.62. The lowest BCUT2D eigenvalue weighted by atomic mass is 9.87. The monoisotopic (exact) mass is 598 g/mol. The molecule has 0 amide bonds. The molecule has 19 heavy (non-hydrogen) atoms. The molecule has 0 aliphatic heterocycles. The molecule has 0 saturated heterocycles. The second-order valence-electron chi connectivity index (χ2n) is 4.95. The van der Waals surface area contributed by atoms with Crippen LogP contribution in [0.25, 0.3) is 0 Å². The van der Waals surface area contributed by atoms with Gasteiger partial charge in [-0.3, -0.25) is 5.41 Å². The van der Waals surface area contributed by atoms with Crippen molar-refractivity contribution < 1.29 is 4.74 Å². The van der Waals surface area contributed by atoms with E-state index in [-0.39, 0.29) is 11.3 Å². The maximum atomic E-state index is 7.52. The zero-order valence-electron chi connectivity index (χ0n) is 10.9. The van der Waals surface area contributed by atoms with E-state index < -0.39 is 0 Å². The number of ether oxygens (including phenoxy) is 1. The van der Waals surface area contributed by atoms with E-state index >= 15 is 0 Å². The molecule has 0 spiro atoms. The van der Waals surface area contributed by atoms with E-state index in [4.69, 9.17) is 15.9 Å². The minimum Gasteiger partial charge on any atom is -0.491 e. The molecular weight excluding hydrogens is 581 g/mol. The van der Waals surface area contributed by atoms with Gasteiger partial charge < -0.3 is 10.5 Å². The van der Waals surface area contributed by atoms with Crippen LogP contribution in [0.2, 0.25) is 0 Å². The maximum Gasteiger partial charge on any atom is 0.145 e. The van der Waals surface area contributed by atoms with Gasteiger partial charge in [-0.05, 0) is 92.7 Å². The maximum absolute atomic E-state index is 7.52. The van der Waals surface area contributed by atoms with Gasteiger partial charge in [-0.15, -0.1) is 0 Å². The molecule has 3 nitrogen and oxygen atoms in total. The van der Waals surface area contributed by atoms with Crippen molar-refractivity contribution in [2.45, 2.75) is 26.7 Å². The van der Waals surface area contributed by atoms with Crippen molar-refractivity contribution in [1.82, 2.24) is 0 Å². The first-order valence-corrected chi connectivity index (χ1v) is 9.09. The molecule has 6 heteroatoms. The highest BCUT2D eigenvalue weighted by molar-refractivity contribution is 14.1. The molecule has 0 radical (unpaired) electrons. The largest absolute Gasteiger partial charge is 0.491 e. The molecule has 0 fully saturated rings. The summed E-state index contributed by atoms with van der Waals surface area (Å²) in [6, 6.07) is 4.22. The van der Waals surface area contributed by atoms with E-state index in [0.29, 0.717) is 6.61 Å². The second-order valence-corrected chi connectivity index (χ2v) is 8.52. The Bertz CT molecular complexity index is 452. The predicted octanol–water partition coefficient (Wildman–Crippen LogP) is 4.62. The predicted molar refractivity (Wildman–Crippen MR) is 105 cm³/mol. The summed E-state index contributed by atoms with van der Waals surface area (Å²) in [5.41, 5.74) is 5.33. The van der Waals surface area contributed by atoms with Crippen LogP contribution >= 0.6 is 67.8 Å². The number of nitrogens with one attached hydrogen (secondary N) is 1. The summed E-state index contributed by atoms with van der Waals surface area (Å²) in [5, 5.41) is 7.52. The van der Waals surface area contributed by atoms with Gasteiger partial charge in [0.25, 0.3) is 0 Å². The molecule has 0 saturated carbocycles. The van der Waals surface area contributed by atoms with Crippen molar-refractivity contribution >= 4 is 73.6 Å². The Labute approximate surface area is 155 Å². The van der Waals surface area contributed by atoms with E-state index in [9.17, 15) is 0 Å². The number of amidine groups is 1. The summed E-state index contributed by atoms with van der Waals surface area (Å²) < 4.78 is 9.36. The van der Waals surface area contributed by atoms with E-state index in [1.54, 1.807) is 0 Å². The Hall–Kier alpha value is 0.680. The Kier molecular flexibility index (Phi) is 7.11. The van der Waals surface area contributed by atoms with Crippen molar-refractivity contribution in [3.05, 3.63) is 22.8 Å². The van der Waals surface area contributed by atoms with Gasteiger partial charge in [-0.2, -0.15) is 0 Å². The first-order valence-electron chi connectivity index (χ1n) is 5.86. The molecule has 0 heterocycles. The normalized spacial score (nSPS) is 11.4. The quantitative estimate of drug-likeness (QED) is 0.218. The van der Waals surface area contributed by atoms with Gasteiger partial charge in [0.2, 0.25) is 0 Å². The average Bonchev–Trinajstić information content (AvgIpc) is 2.26. The first kappa shape index (κ1) is 17.7. The lowest BCUT2D eigenvalue weighted by Gasteiger charge is -2.22. The molecular formula is C13H17I3N2O. The molecule has 1 rings (SSSR count). The third-order valence-electron chi connectivity index (χ3n) is 2.88. The lowest BCUT2D eigenvalue weighted by Crippen LogP contribution is -2.31. The highest BCUT2D eigenvalue weighted by Gasteiger charge is 2.21. The minimum atomic E-state index is -0.240. The van der Waals surface area contributed by atoms with Crippen LogP contribution in [0.1, 0.15) is 26.7 Å². The fourth-order valence-electron chi connectivity index (χ4n) is 1.49. The molecule has 3 N–H and O–H groups in total. The number of benzene rings is 1. The lowest BCUT2D eigenvalue weighted by molar-refractivity contribution is 0.283. The molecule has 0 bridgehead atoms. The SMILES string of the molecule is CC(C)(CCCOc1c(I)cc(I)cc1I)C(=N)N. The fourth-order valence-corrected chi connectivity index (χ4v) is 5.38. The third-order valence-corrected chi connectivity index (χ3v) is 5.11. The van der Waals surface area contributed by atoms with Gasteiger partial charge in [-0.25, -0.2) is 0 Å².